The lowest BCUT2D eigenvalue weighted by Crippen LogP contribution is -2.65. The number of hydrogen-bond acceptors (Lipinski definition) is 29. The molecular formula is C60H100O29. The highest BCUT2D eigenvalue weighted by Crippen LogP contribution is 2.74. The maximum atomic E-state index is 15.4. The number of aliphatic hydroxyl groups excluding tert-OH is 17. The summed E-state index contributed by atoms with van der Waals surface area (Å²) in [5.74, 6) is -0.214. The van der Waals surface area contributed by atoms with Crippen molar-refractivity contribution in [3.63, 3.8) is 0 Å². The van der Waals surface area contributed by atoms with Crippen molar-refractivity contribution in [1.29, 1.82) is 0 Å². The predicted molar refractivity (Wildman–Crippen MR) is 299 cm³/mol. The fraction of sp³-hybridized carbons (Fsp3) is 0.950. The van der Waals surface area contributed by atoms with Gasteiger partial charge in [0.25, 0.3) is 0 Å². The number of carbonyl (C=O) groups is 1. The minimum Gasteiger partial charge on any atom is -0.394 e. The van der Waals surface area contributed by atoms with Crippen LogP contribution in [0.3, 0.4) is 0 Å². The lowest BCUT2D eigenvalue weighted by atomic mass is 9.38. The van der Waals surface area contributed by atoms with Crippen molar-refractivity contribution in [3.05, 3.63) is 11.6 Å². The Morgan fingerprint density at radius 1 is 0.539 bits per heavy atom. The molecule has 4 aliphatic carbocycles. The number of aliphatic hydroxyl groups is 18. The van der Waals surface area contributed by atoms with E-state index in [2.05, 4.69) is 33.8 Å². The van der Waals surface area contributed by atoms with Crippen LogP contribution in [0.15, 0.2) is 11.6 Å². The lowest BCUT2D eigenvalue weighted by Gasteiger charge is -2.65. The largest absolute Gasteiger partial charge is 0.394 e. The van der Waals surface area contributed by atoms with Crippen LogP contribution in [0.5, 0.6) is 0 Å². The van der Waals surface area contributed by atoms with E-state index in [4.69, 9.17) is 47.4 Å². The molecule has 0 aromatic rings. The van der Waals surface area contributed by atoms with E-state index >= 15 is 4.79 Å². The van der Waals surface area contributed by atoms with Gasteiger partial charge in [-0.25, -0.2) is 0 Å². The molecule has 29 heteroatoms. The quantitative estimate of drug-likeness (QED) is 0.0507. The van der Waals surface area contributed by atoms with Crippen molar-refractivity contribution in [2.45, 2.75) is 278 Å². The van der Waals surface area contributed by atoms with Crippen molar-refractivity contribution in [2.24, 2.45) is 45.3 Å². The second-order valence-electron chi connectivity index (χ2n) is 28.5. The van der Waals surface area contributed by atoms with E-state index in [0.29, 0.717) is 25.7 Å². The molecule has 5 aliphatic heterocycles. The van der Waals surface area contributed by atoms with Crippen molar-refractivity contribution in [1.82, 2.24) is 0 Å². The summed E-state index contributed by atoms with van der Waals surface area (Å²) in [7, 11) is 0. The zero-order valence-electron chi connectivity index (χ0n) is 51.7. The van der Waals surface area contributed by atoms with Gasteiger partial charge in [0.15, 0.2) is 31.5 Å². The number of fused-ring (bicyclic) bond motifs is 5. The molecule has 29 nitrogen and oxygen atoms in total. The zero-order valence-corrected chi connectivity index (χ0v) is 51.7. The highest BCUT2D eigenvalue weighted by atomic mass is 16.8. The van der Waals surface area contributed by atoms with E-state index in [1.165, 1.54) is 13.8 Å². The zero-order chi connectivity index (χ0) is 65.5. The Labute approximate surface area is 516 Å². The number of Topliss-reactive ketones (excluding diaryl/α,β-unsaturated/α-hetero) is 1. The third-order valence-corrected chi connectivity index (χ3v) is 22.6. The first-order valence-electron chi connectivity index (χ1n) is 31.4. The predicted octanol–water partition coefficient (Wildman–Crippen LogP) is -5.20. The van der Waals surface area contributed by atoms with Gasteiger partial charge < -0.3 is 139 Å². The van der Waals surface area contributed by atoms with Crippen LogP contribution in [0.2, 0.25) is 0 Å². The second-order valence-corrected chi connectivity index (χ2v) is 28.5. The van der Waals surface area contributed by atoms with Crippen LogP contribution in [0.1, 0.15) is 107 Å². The van der Waals surface area contributed by atoms with Crippen molar-refractivity contribution in [3.8, 4) is 0 Å². The van der Waals surface area contributed by atoms with Gasteiger partial charge in [0, 0.05) is 17.3 Å². The van der Waals surface area contributed by atoms with Gasteiger partial charge in [-0.2, -0.15) is 0 Å². The summed E-state index contributed by atoms with van der Waals surface area (Å²) in [6, 6.07) is 0. The van der Waals surface area contributed by atoms with Crippen LogP contribution < -0.4 is 0 Å². The lowest BCUT2D eigenvalue weighted by molar-refractivity contribution is -0.380. The smallest absolute Gasteiger partial charge is 0.187 e. The Morgan fingerprint density at radius 3 is 1.54 bits per heavy atom. The fourth-order valence-corrected chi connectivity index (χ4v) is 16.8. The first-order valence-corrected chi connectivity index (χ1v) is 31.4. The van der Waals surface area contributed by atoms with Gasteiger partial charge in [-0.05, 0) is 93.3 Å². The maximum absolute atomic E-state index is 15.4. The maximum Gasteiger partial charge on any atom is 0.187 e. The standard InChI is InChI=1S/C60H100O29/c1-23(9-13-35(57(4,5)79)87-55-50(89-53-47(77)43(73)38(68)29(20-63)83-53)44(74)39(69)31(85-55)22-80-51-45(75)41(71)36(66)27(18-61)81-51)24-15-16-58(6)32-12-10-25-26(60(32,8)33(65)17-59(24,58)7)11-14-34(56(25,2)3)86-54-48(78)49(40(70)30(21-64)84-54)88-52-46(76)42(72)37(67)28(19-62)82-52/h10,23-24,26-32,34-55,61-64,66-79H,9,11-22H2,1-8H3/t23-,24-,26-,27-,28-,29-,30-,31-,32+,34+,35-,36-,37-,38-,39-,40-,41+,42+,43+,44+,45-,46-,47-,48-,49+,50-,51-,52+,53+,54+,55+,58+,59-,60+/m1/s1. The van der Waals surface area contributed by atoms with Gasteiger partial charge in [-0.3, -0.25) is 4.79 Å². The van der Waals surface area contributed by atoms with Gasteiger partial charge in [-0.1, -0.05) is 53.2 Å². The Hall–Kier alpha value is -1.71. The van der Waals surface area contributed by atoms with Gasteiger partial charge >= 0.3 is 0 Å². The third kappa shape index (κ3) is 12.9. The molecule has 514 valence electrons. The summed E-state index contributed by atoms with van der Waals surface area (Å²) in [4.78, 5) is 15.4. The van der Waals surface area contributed by atoms with Gasteiger partial charge in [0.2, 0.25) is 0 Å². The van der Waals surface area contributed by atoms with E-state index in [-0.39, 0.29) is 47.7 Å². The average Bonchev–Trinajstić information content (AvgIpc) is 1.66. The normalized spacial score (nSPS) is 51.0. The third-order valence-electron chi connectivity index (χ3n) is 22.6. The molecule has 0 aromatic carbocycles. The molecule has 8 fully saturated rings. The van der Waals surface area contributed by atoms with Crippen LogP contribution in [-0.2, 0) is 52.2 Å². The molecule has 9 aliphatic rings. The molecule has 0 amide bonds. The number of rotatable bonds is 20. The topological polar surface area (TPSA) is 474 Å². The SMILES string of the molecule is C[C@H](CC[C@@H](O[C@@H]1O[C@H](CO[C@@H]2O[C@H](CO)[C@@H](O)[C@H](O)[C@H]2O)[C@@H](O)[C@H](O)[C@H]1O[C@@H]1O[C@H](CO)[C@@H](O)[C@H](O)[C@H]1O)C(C)(C)O)[C@H]1CC[C@@]2(C)[C@@H]3CC=C4[C@@H](CC[C@H](O[C@@H]5O[C@H](CO)[C@@H](O)[C@H](O[C@@H]6O[C@H](CO)[C@@H](O)[C@H](O)[C@H]6O)[C@H]5O)C4(C)C)[C@]3(C)C(=O)C[C@]12C. The Morgan fingerprint density at radius 2 is 1.01 bits per heavy atom. The van der Waals surface area contributed by atoms with E-state index < -0.39 is 221 Å². The number of ketones is 1. The molecule has 0 radical (unpaired) electrons. The first kappa shape index (κ1) is 71.6. The van der Waals surface area contributed by atoms with Crippen LogP contribution in [-0.4, -0.2) is 302 Å². The molecule has 0 unspecified atom stereocenters. The summed E-state index contributed by atoms with van der Waals surface area (Å²) in [5.41, 5.74) is -3.01. The minimum atomic E-state index is -1.97. The molecule has 9 rings (SSSR count). The van der Waals surface area contributed by atoms with Crippen molar-refractivity contribution in [2.75, 3.05) is 33.0 Å². The van der Waals surface area contributed by atoms with Gasteiger partial charge in [-0.15, -0.1) is 0 Å². The molecule has 34 atom stereocenters. The molecule has 18 N–H and O–H groups in total. The van der Waals surface area contributed by atoms with Crippen molar-refractivity contribution >= 4 is 5.78 Å². The van der Waals surface area contributed by atoms with Crippen molar-refractivity contribution < 1.29 is 144 Å². The molecule has 5 heterocycles. The van der Waals surface area contributed by atoms with E-state index in [1.54, 1.807) is 0 Å². The number of carbonyl (C=O) groups excluding carboxylic acids is 1. The highest BCUT2D eigenvalue weighted by Gasteiger charge is 2.71. The van der Waals surface area contributed by atoms with Crippen LogP contribution in [0.4, 0.5) is 0 Å². The van der Waals surface area contributed by atoms with Crippen LogP contribution in [0, 0.1) is 45.3 Å². The van der Waals surface area contributed by atoms with Crippen LogP contribution >= 0.6 is 0 Å². The average molecular weight is 1290 g/mol. The van der Waals surface area contributed by atoms with Crippen LogP contribution in [0.25, 0.3) is 0 Å². The summed E-state index contributed by atoms with van der Waals surface area (Å²) in [6.45, 7) is 12.0. The fourth-order valence-electron chi connectivity index (χ4n) is 16.8. The molecule has 3 saturated carbocycles. The van der Waals surface area contributed by atoms with E-state index in [9.17, 15) is 91.9 Å². The molecule has 5 saturated heterocycles. The Bertz CT molecular complexity index is 2390. The second kappa shape index (κ2) is 27.4. The summed E-state index contributed by atoms with van der Waals surface area (Å²) in [6.07, 6.45) is -37.9. The molecular weight excluding hydrogens is 1180 g/mol. The molecule has 0 aromatic heterocycles. The first-order chi connectivity index (χ1) is 41.7. The number of allylic oxidation sites excluding steroid dienone is 1. The highest BCUT2D eigenvalue weighted by molar-refractivity contribution is 5.88. The Balaban J connectivity index is 0.897. The number of ether oxygens (including phenoxy) is 10. The molecule has 89 heavy (non-hydrogen) atoms. The van der Waals surface area contributed by atoms with E-state index in [1.807, 2.05) is 13.8 Å². The minimum absolute atomic E-state index is 0.000207. The van der Waals surface area contributed by atoms with Gasteiger partial charge in [0.1, 0.15) is 128 Å². The Kier molecular flexibility index (Phi) is 22.1. The summed E-state index contributed by atoms with van der Waals surface area (Å²) >= 11 is 0. The summed E-state index contributed by atoms with van der Waals surface area (Å²) in [5, 5.41) is 193. The molecule has 0 spiro atoms. The van der Waals surface area contributed by atoms with Gasteiger partial charge in [0.05, 0.1) is 50.8 Å². The molecule has 0 bridgehead atoms. The van der Waals surface area contributed by atoms with E-state index in [0.717, 1.165) is 18.4 Å². The monoisotopic (exact) mass is 1280 g/mol. The summed E-state index contributed by atoms with van der Waals surface area (Å²) < 4.78 is 59.5. The number of hydrogen-bond donors (Lipinski definition) is 18.